The quantitative estimate of drug-likeness (QED) is 0.362. The van der Waals surface area contributed by atoms with Gasteiger partial charge in [-0.15, -0.1) is 0 Å². The van der Waals surface area contributed by atoms with Gasteiger partial charge in [0.25, 0.3) is 0 Å². The lowest BCUT2D eigenvalue weighted by molar-refractivity contribution is -0.143. The highest BCUT2D eigenvalue weighted by Crippen LogP contribution is 2.22. The van der Waals surface area contributed by atoms with Crippen molar-refractivity contribution in [1.29, 1.82) is 0 Å². The fraction of sp³-hybridized carbons (Fsp3) is 0.800. The van der Waals surface area contributed by atoms with E-state index in [1.54, 1.807) is 35.4 Å². The summed E-state index contributed by atoms with van der Waals surface area (Å²) in [5, 5.41) is 0. The number of hydrogen-bond acceptors (Lipinski definition) is 6. The minimum Gasteiger partial charge on any atom is -0.466 e. The summed E-state index contributed by atoms with van der Waals surface area (Å²) in [4.78, 5) is 21.9. The van der Waals surface area contributed by atoms with Crippen molar-refractivity contribution in [3.8, 4) is 0 Å². The fourth-order valence-corrected chi connectivity index (χ4v) is 2.78. The summed E-state index contributed by atoms with van der Waals surface area (Å²) in [5.41, 5.74) is 0. The van der Waals surface area contributed by atoms with Gasteiger partial charge in [-0.25, -0.2) is 0 Å². The Bertz CT molecular complexity index is 187. The van der Waals surface area contributed by atoms with Gasteiger partial charge >= 0.3 is 11.9 Å². The maximum atomic E-state index is 11.0. The minimum absolute atomic E-state index is 0.166. The van der Waals surface area contributed by atoms with E-state index in [1.165, 1.54) is 0 Å². The lowest BCUT2D eigenvalue weighted by Gasteiger charge is -2.02. The molecular weight excluding hydrogens is 248 g/mol. The zero-order chi connectivity index (χ0) is 12.2. The largest absolute Gasteiger partial charge is 0.466 e. The molecule has 0 rings (SSSR count). The normalized spacial score (nSPS) is 9.88. The summed E-state index contributed by atoms with van der Waals surface area (Å²) < 4.78 is 9.57. The average molecular weight is 266 g/mol. The molecule has 0 amide bonds. The van der Waals surface area contributed by atoms with Crippen molar-refractivity contribution in [2.24, 2.45) is 0 Å². The second-order valence-electron chi connectivity index (χ2n) is 2.75. The molecule has 0 saturated carbocycles. The monoisotopic (exact) mass is 266 g/mol. The number of rotatable bonds is 9. The van der Waals surface area contributed by atoms with Crippen LogP contribution in [0.1, 0.15) is 26.7 Å². The molecule has 0 spiro atoms. The molecule has 0 aliphatic rings. The van der Waals surface area contributed by atoms with Gasteiger partial charge in [0, 0.05) is 11.5 Å². The van der Waals surface area contributed by atoms with Crippen molar-refractivity contribution in [3.63, 3.8) is 0 Å². The van der Waals surface area contributed by atoms with Crippen molar-refractivity contribution in [3.05, 3.63) is 0 Å². The second-order valence-corrected chi connectivity index (χ2v) is 5.46. The summed E-state index contributed by atoms with van der Waals surface area (Å²) in [6.07, 6.45) is 0.843. The highest BCUT2D eigenvalue weighted by Gasteiger charge is 2.03. The molecule has 6 heteroatoms. The van der Waals surface area contributed by atoms with E-state index < -0.39 is 0 Å². The lowest BCUT2D eigenvalue weighted by atomic mass is 10.5. The van der Waals surface area contributed by atoms with Crippen molar-refractivity contribution in [1.82, 2.24) is 0 Å². The SMILES string of the molecule is CCOC(=O)CCSSCCC(=O)OCC. The van der Waals surface area contributed by atoms with Gasteiger partial charge in [0.2, 0.25) is 0 Å². The van der Waals surface area contributed by atoms with Gasteiger partial charge in [0.1, 0.15) is 0 Å². The smallest absolute Gasteiger partial charge is 0.306 e. The van der Waals surface area contributed by atoms with Crippen LogP contribution >= 0.6 is 21.6 Å². The predicted molar refractivity (Wildman–Crippen MR) is 67.4 cm³/mol. The molecule has 0 radical (unpaired) electrons. The molecule has 16 heavy (non-hydrogen) atoms. The third kappa shape index (κ3) is 10.2. The molecule has 0 heterocycles. The van der Waals surface area contributed by atoms with Gasteiger partial charge in [0.05, 0.1) is 26.1 Å². The fourth-order valence-electron chi connectivity index (χ4n) is 0.834. The van der Waals surface area contributed by atoms with E-state index in [9.17, 15) is 9.59 Å². The number of ether oxygens (including phenoxy) is 2. The summed E-state index contributed by atoms with van der Waals surface area (Å²) in [6, 6.07) is 0. The minimum atomic E-state index is -0.166. The molecule has 0 N–H and O–H groups in total. The number of esters is 2. The summed E-state index contributed by atoms with van der Waals surface area (Å²) in [5.74, 6) is 1.10. The van der Waals surface area contributed by atoms with Crippen molar-refractivity contribution in [2.45, 2.75) is 26.7 Å². The molecule has 0 atom stereocenters. The van der Waals surface area contributed by atoms with Crippen LogP contribution in [0.4, 0.5) is 0 Å². The third-order valence-electron chi connectivity index (χ3n) is 1.47. The molecule has 0 unspecified atom stereocenters. The third-order valence-corrected chi connectivity index (χ3v) is 3.88. The Morgan fingerprint density at radius 3 is 1.56 bits per heavy atom. The van der Waals surface area contributed by atoms with Crippen molar-refractivity contribution < 1.29 is 19.1 Å². The summed E-state index contributed by atoms with van der Waals surface area (Å²) in [7, 11) is 3.15. The first-order chi connectivity index (χ1) is 7.70. The highest BCUT2D eigenvalue weighted by atomic mass is 33.1. The molecule has 0 aromatic rings. The van der Waals surface area contributed by atoms with E-state index in [1.807, 2.05) is 0 Å². The topological polar surface area (TPSA) is 52.6 Å². The Hall–Kier alpha value is -0.360. The van der Waals surface area contributed by atoms with Crippen LogP contribution in [0.3, 0.4) is 0 Å². The van der Waals surface area contributed by atoms with Crippen molar-refractivity contribution >= 4 is 33.5 Å². The molecule has 0 aliphatic carbocycles. The van der Waals surface area contributed by atoms with E-state index >= 15 is 0 Å². The Morgan fingerprint density at radius 2 is 1.25 bits per heavy atom. The first kappa shape index (κ1) is 15.6. The zero-order valence-corrected chi connectivity index (χ0v) is 11.3. The Balaban J connectivity index is 3.21. The second kappa shape index (κ2) is 11.1. The van der Waals surface area contributed by atoms with Crippen molar-refractivity contribution in [2.75, 3.05) is 24.7 Å². The van der Waals surface area contributed by atoms with E-state index in [0.717, 1.165) is 0 Å². The van der Waals surface area contributed by atoms with E-state index in [4.69, 9.17) is 9.47 Å². The first-order valence-electron chi connectivity index (χ1n) is 5.26. The van der Waals surface area contributed by atoms with Crippen LogP contribution < -0.4 is 0 Å². The van der Waals surface area contributed by atoms with Gasteiger partial charge in [0.15, 0.2) is 0 Å². The highest BCUT2D eigenvalue weighted by molar-refractivity contribution is 8.76. The van der Waals surface area contributed by atoms with Gasteiger partial charge in [-0.05, 0) is 13.8 Å². The molecule has 0 aromatic heterocycles. The van der Waals surface area contributed by atoms with E-state index in [0.29, 0.717) is 37.6 Å². The maximum Gasteiger partial charge on any atom is 0.306 e. The summed E-state index contributed by atoms with van der Waals surface area (Å²) >= 11 is 0. The van der Waals surface area contributed by atoms with Crippen LogP contribution in [0.15, 0.2) is 0 Å². The maximum absolute atomic E-state index is 11.0. The number of hydrogen-bond donors (Lipinski definition) is 0. The standard InChI is InChI=1S/C10H18O4S2/c1-3-13-9(11)5-7-15-16-8-6-10(12)14-4-2/h3-8H2,1-2H3. The molecule has 0 aliphatic heterocycles. The predicted octanol–water partition coefficient (Wildman–Crippen LogP) is 2.27. The molecular formula is C10H18O4S2. The number of carbonyl (C=O) groups excluding carboxylic acids is 2. The van der Waals surface area contributed by atoms with Gasteiger partial charge < -0.3 is 9.47 Å². The van der Waals surface area contributed by atoms with Crippen LogP contribution in [0.2, 0.25) is 0 Å². The Morgan fingerprint density at radius 1 is 0.875 bits per heavy atom. The van der Waals surface area contributed by atoms with Crippen LogP contribution in [0.25, 0.3) is 0 Å². The van der Waals surface area contributed by atoms with Crippen LogP contribution in [-0.4, -0.2) is 36.7 Å². The van der Waals surface area contributed by atoms with E-state index in [2.05, 4.69) is 0 Å². The number of carbonyl (C=O) groups is 2. The molecule has 94 valence electrons. The molecule has 0 fully saturated rings. The van der Waals surface area contributed by atoms with Crippen LogP contribution in [0.5, 0.6) is 0 Å². The molecule has 0 bridgehead atoms. The summed E-state index contributed by atoms with van der Waals surface area (Å²) in [6.45, 7) is 4.44. The zero-order valence-electron chi connectivity index (χ0n) is 9.69. The van der Waals surface area contributed by atoms with Gasteiger partial charge in [-0.2, -0.15) is 0 Å². The first-order valence-corrected chi connectivity index (χ1v) is 7.75. The Kier molecular flexibility index (Phi) is 10.9. The Labute approximate surface area is 104 Å². The van der Waals surface area contributed by atoms with E-state index in [-0.39, 0.29) is 11.9 Å². The average Bonchev–Trinajstić information content (AvgIpc) is 2.24. The lowest BCUT2D eigenvalue weighted by Crippen LogP contribution is -2.05. The van der Waals surface area contributed by atoms with Crippen LogP contribution in [0, 0.1) is 0 Å². The molecule has 0 saturated heterocycles. The van der Waals surface area contributed by atoms with Gasteiger partial charge in [-0.3, -0.25) is 9.59 Å². The molecule has 0 aromatic carbocycles. The molecule has 4 nitrogen and oxygen atoms in total. The van der Waals surface area contributed by atoms with Crippen LogP contribution in [-0.2, 0) is 19.1 Å². The van der Waals surface area contributed by atoms with Gasteiger partial charge in [-0.1, -0.05) is 21.6 Å².